The first kappa shape index (κ1) is 12.5. The van der Waals surface area contributed by atoms with Crippen molar-refractivity contribution in [2.75, 3.05) is 11.9 Å². The molecule has 0 spiro atoms. The lowest BCUT2D eigenvalue weighted by molar-refractivity contribution is 0.569. The van der Waals surface area contributed by atoms with Crippen LogP contribution in [0.2, 0.25) is 0 Å². The van der Waals surface area contributed by atoms with Crippen LogP contribution >= 0.6 is 0 Å². The molecule has 0 aliphatic rings. The van der Waals surface area contributed by atoms with E-state index in [9.17, 15) is 0 Å². The second-order valence-corrected chi connectivity index (χ2v) is 4.29. The molecule has 6 nitrogen and oxygen atoms in total. The van der Waals surface area contributed by atoms with E-state index >= 15 is 0 Å². The lowest BCUT2D eigenvalue weighted by Gasteiger charge is -2.08. The van der Waals surface area contributed by atoms with E-state index in [2.05, 4.69) is 25.6 Å². The van der Waals surface area contributed by atoms with Gasteiger partial charge in [0, 0.05) is 30.7 Å². The smallest absolute Gasteiger partial charge is 0.223 e. The van der Waals surface area contributed by atoms with Gasteiger partial charge in [-0.15, -0.1) is 5.10 Å². The molecular formula is C12H18N6. The Hall–Kier alpha value is -1.98. The van der Waals surface area contributed by atoms with Gasteiger partial charge < -0.3 is 5.32 Å². The van der Waals surface area contributed by atoms with Crippen LogP contribution in [0.1, 0.15) is 23.4 Å². The van der Waals surface area contributed by atoms with Gasteiger partial charge in [0.1, 0.15) is 0 Å². The van der Waals surface area contributed by atoms with Crippen LogP contribution in [0.3, 0.4) is 0 Å². The van der Waals surface area contributed by atoms with Gasteiger partial charge >= 0.3 is 0 Å². The Bertz CT molecular complexity index is 482. The standard InChI is InChI=1S/C12H18N6/c1-9-10(2)15-12(16-11(9)3)13-5-4-7-18-8-6-14-17-18/h6,8H,4-5,7H2,1-3H3,(H,13,15,16). The Morgan fingerprint density at radius 2 is 1.89 bits per heavy atom. The zero-order chi connectivity index (χ0) is 13.0. The molecule has 0 saturated carbocycles. The van der Waals surface area contributed by atoms with Crippen LogP contribution < -0.4 is 5.32 Å². The minimum Gasteiger partial charge on any atom is -0.354 e. The van der Waals surface area contributed by atoms with Crippen LogP contribution in [0.5, 0.6) is 0 Å². The molecule has 2 rings (SSSR count). The molecule has 0 bridgehead atoms. The van der Waals surface area contributed by atoms with E-state index in [1.807, 2.05) is 31.6 Å². The maximum absolute atomic E-state index is 4.41. The van der Waals surface area contributed by atoms with Crippen LogP contribution in [-0.4, -0.2) is 31.5 Å². The minimum absolute atomic E-state index is 0.703. The average Bonchev–Trinajstić information content (AvgIpc) is 2.84. The van der Waals surface area contributed by atoms with Crippen LogP contribution in [0.15, 0.2) is 12.4 Å². The van der Waals surface area contributed by atoms with E-state index < -0.39 is 0 Å². The van der Waals surface area contributed by atoms with Crippen molar-refractivity contribution in [1.82, 2.24) is 25.0 Å². The number of nitrogens with zero attached hydrogens (tertiary/aromatic N) is 5. The van der Waals surface area contributed by atoms with E-state index in [4.69, 9.17) is 0 Å². The number of hydrogen-bond donors (Lipinski definition) is 1. The van der Waals surface area contributed by atoms with Crippen LogP contribution in [0.4, 0.5) is 5.95 Å². The van der Waals surface area contributed by atoms with Crippen molar-refractivity contribution in [1.29, 1.82) is 0 Å². The fourth-order valence-corrected chi connectivity index (χ4v) is 1.64. The zero-order valence-corrected chi connectivity index (χ0v) is 11.0. The normalized spacial score (nSPS) is 10.6. The summed E-state index contributed by atoms with van der Waals surface area (Å²) in [5, 5.41) is 10.9. The summed E-state index contributed by atoms with van der Waals surface area (Å²) < 4.78 is 1.81. The third kappa shape index (κ3) is 3.03. The van der Waals surface area contributed by atoms with E-state index in [0.29, 0.717) is 5.95 Å². The van der Waals surface area contributed by atoms with Gasteiger partial charge in [0.05, 0.1) is 6.20 Å². The summed E-state index contributed by atoms with van der Waals surface area (Å²) in [4.78, 5) is 8.82. The summed E-state index contributed by atoms with van der Waals surface area (Å²) in [5.74, 6) is 0.703. The maximum Gasteiger partial charge on any atom is 0.223 e. The molecule has 0 aromatic carbocycles. The van der Waals surface area contributed by atoms with Gasteiger partial charge in [-0.25, -0.2) is 9.97 Å². The molecule has 0 aliphatic carbocycles. The summed E-state index contributed by atoms with van der Waals surface area (Å²) in [5.41, 5.74) is 3.21. The van der Waals surface area contributed by atoms with Gasteiger partial charge in [-0.05, 0) is 32.8 Å². The van der Waals surface area contributed by atoms with Crippen molar-refractivity contribution < 1.29 is 0 Å². The molecule has 18 heavy (non-hydrogen) atoms. The molecule has 1 N–H and O–H groups in total. The van der Waals surface area contributed by atoms with Gasteiger partial charge in [0.2, 0.25) is 5.95 Å². The van der Waals surface area contributed by atoms with Crippen molar-refractivity contribution in [3.05, 3.63) is 29.3 Å². The molecule has 0 amide bonds. The van der Waals surface area contributed by atoms with Crippen LogP contribution in [0, 0.1) is 20.8 Å². The molecule has 0 fully saturated rings. The Kier molecular flexibility index (Phi) is 3.86. The highest BCUT2D eigenvalue weighted by Gasteiger charge is 2.03. The summed E-state index contributed by atoms with van der Waals surface area (Å²) >= 11 is 0. The van der Waals surface area contributed by atoms with Crippen molar-refractivity contribution in [2.45, 2.75) is 33.7 Å². The van der Waals surface area contributed by atoms with E-state index in [1.165, 1.54) is 0 Å². The van der Waals surface area contributed by atoms with E-state index in [-0.39, 0.29) is 0 Å². The quantitative estimate of drug-likeness (QED) is 0.810. The van der Waals surface area contributed by atoms with E-state index in [0.717, 1.165) is 36.5 Å². The summed E-state index contributed by atoms with van der Waals surface area (Å²) in [6.07, 6.45) is 4.50. The molecule has 96 valence electrons. The first-order valence-corrected chi connectivity index (χ1v) is 6.06. The molecular weight excluding hydrogens is 228 g/mol. The molecule has 0 saturated heterocycles. The van der Waals surface area contributed by atoms with Gasteiger partial charge in [0.15, 0.2) is 0 Å². The molecule has 0 aliphatic heterocycles. The Labute approximate surface area is 106 Å². The number of aromatic nitrogens is 5. The number of aryl methyl sites for hydroxylation is 3. The second-order valence-electron chi connectivity index (χ2n) is 4.29. The lowest BCUT2D eigenvalue weighted by Crippen LogP contribution is -2.11. The monoisotopic (exact) mass is 246 g/mol. The average molecular weight is 246 g/mol. The topological polar surface area (TPSA) is 68.5 Å². The Morgan fingerprint density at radius 3 is 2.50 bits per heavy atom. The van der Waals surface area contributed by atoms with Crippen molar-refractivity contribution in [2.24, 2.45) is 0 Å². The van der Waals surface area contributed by atoms with E-state index in [1.54, 1.807) is 6.20 Å². The molecule has 2 aromatic heterocycles. The number of rotatable bonds is 5. The predicted molar refractivity (Wildman–Crippen MR) is 69.4 cm³/mol. The van der Waals surface area contributed by atoms with Crippen LogP contribution in [-0.2, 0) is 6.54 Å². The first-order valence-electron chi connectivity index (χ1n) is 6.06. The maximum atomic E-state index is 4.41. The molecule has 2 aromatic rings. The fourth-order valence-electron chi connectivity index (χ4n) is 1.64. The fraction of sp³-hybridized carbons (Fsp3) is 0.500. The van der Waals surface area contributed by atoms with Crippen LogP contribution in [0.25, 0.3) is 0 Å². The third-order valence-corrected chi connectivity index (χ3v) is 2.95. The summed E-state index contributed by atoms with van der Waals surface area (Å²) in [6, 6.07) is 0. The van der Waals surface area contributed by atoms with Crippen molar-refractivity contribution in [3.63, 3.8) is 0 Å². The van der Waals surface area contributed by atoms with Crippen molar-refractivity contribution in [3.8, 4) is 0 Å². The second kappa shape index (κ2) is 5.57. The largest absolute Gasteiger partial charge is 0.354 e. The minimum atomic E-state index is 0.703. The van der Waals surface area contributed by atoms with Crippen molar-refractivity contribution >= 4 is 5.95 Å². The molecule has 0 radical (unpaired) electrons. The molecule has 0 atom stereocenters. The molecule has 0 unspecified atom stereocenters. The highest BCUT2D eigenvalue weighted by molar-refractivity contribution is 5.32. The predicted octanol–water partition coefficient (Wildman–Crippen LogP) is 1.50. The SMILES string of the molecule is Cc1nc(NCCCn2ccnn2)nc(C)c1C. The number of anilines is 1. The van der Waals surface area contributed by atoms with Gasteiger partial charge in [-0.2, -0.15) is 0 Å². The van der Waals surface area contributed by atoms with Gasteiger partial charge in [-0.3, -0.25) is 4.68 Å². The lowest BCUT2D eigenvalue weighted by atomic mass is 10.2. The number of nitrogens with one attached hydrogen (secondary N) is 1. The van der Waals surface area contributed by atoms with Gasteiger partial charge in [0.25, 0.3) is 0 Å². The highest BCUT2D eigenvalue weighted by atomic mass is 15.4. The summed E-state index contributed by atoms with van der Waals surface area (Å²) in [6.45, 7) is 7.72. The van der Waals surface area contributed by atoms with Gasteiger partial charge in [-0.1, -0.05) is 5.21 Å². The third-order valence-electron chi connectivity index (χ3n) is 2.95. The number of hydrogen-bond acceptors (Lipinski definition) is 5. The Balaban J connectivity index is 1.83. The molecule has 2 heterocycles. The first-order chi connectivity index (χ1) is 8.66. The summed E-state index contributed by atoms with van der Waals surface area (Å²) in [7, 11) is 0. The zero-order valence-electron chi connectivity index (χ0n) is 11.0. The molecule has 6 heteroatoms. The Morgan fingerprint density at radius 1 is 1.17 bits per heavy atom. The highest BCUT2D eigenvalue weighted by Crippen LogP contribution is 2.10.